The van der Waals surface area contributed by atoms with E-state index in [2.05, 4.69) is 25.5 Å². The summed E-state index contributed by atoms with van der Waals surface area (Å²) in [6, 6.07) is 6.38. The van der Waals surface area contributed by atoms with E-state index in [1.807, 2.05) is 18.2 Å². The number of nitrogens with zero attached hydrogens (tertiary/aromatic N) is 4. The van der Waals surface area contributed by atoms with Gasteiger partial charge in [0.2, 0.25) is 5.91 Å². The zero-order chi connectivity index (χ0) is 25.0. The fraction of sp³-hybridized carbons (Fsp3) is 0.500. The maximum absolute atomic E-state index is 11.4. The molecule has 0 saturated heterocycles. The first kappa shape index (κ1) is 25.9. The molecule has 11 heteroatoms. The van der Waals surface area contributed by atoms with Crippen LogP contribution in [0.4, 0.5) is 5.69 Å². The first-order chi connectivity index (χ1) is 16.9. The topological polar surface area (TPSA) is 157 Å². The Morgan fingerprint density at radius 1 is 1.09 bits per heavy atom. The average molecular weight is 486 g/mol. The van der Waals surface area contributed by atoms with Gasteiger partial charge in [-0.15, -0.1) is 5.10 Å². The van der Waals surface area contributed by atoms with E-state index >= 15 is 0 Å². The third kappa shape index (κ3) is 8.51. The SMILES string of the molecule is O=C(O)/C=C/C(=O)O.O=C1CCc2cc(OCCCCc3nnnn3C3CCCCC3)ccc2N1. The number of carbonyl (C=O) groups excluding carboxylic acids is 1. The standard InChI is InChI=1S/C20H27N5O2.C4H4O4/c26-20-12-9-15-14-17(10-11-18(15)21-20)27-13-5-4-8-19-22-23-24-25(19)16-6-2-1-3-7-16;5-3(6)1-2-4(7)8/h10-11,14,16H,1-9,12-13H2,(H,21,26);1-2H,(H,5,6)(H,7,8)/b;2-1+. The van der Waals surface area contributed by atoms with Crippen LogP contribution in [0.15, 0.2) is 30.4 Å². The monoisotopic (exact) mass is 485 g/mol. The molecule has 188 valence electrons. The Bertz CT molecular complexity index is 1030. The van der Waals surface area contributed by atoms with Crippen molar-refractivity contribution in [3.63, 3.8) is 0 Å². The quantitative estimate of drug-likeness (QED) is 0.358. The molecule has 3 N–H and O–H groups in total. The number of carboxylic acids is 2. The number of hydrogen-bond acceptors (Lipinski definition) is 7. The highest BCUT2D eigenvalue weighted by atomic mass is 16.5. The minimum absolute atomic E-state index is 0.0896. The summed E-state index contributed by atoms with van der Waals surface area (Å²) in [5.74, 6) is -0.546. The number of rotatable bonds is 9. The van der Waals surface area contributed by atoms with E-state index in [0.29, 0.717) is 31.2 Å². The number of aryl methyl sites for hydroxylation is 2. The Kier molecular flexibility index (Phi) is 9.76. The number of hydrogen-bond donors (Lipinski definition) is 3. The van der Waals surface area contributed by atoms with Gasteiger partial charge in [-0.05, 0) is 66.3 Å². The van der Waals surface area contributed by atoms with Crippen LogP contribution in [0.3, 0.4) is 0 Å². The third-order valence-corrected chi connectivity index (χ3v) is 5.89. The van der Waals surface area contributed by atoms with Crippen LogP contribution in [0, 0.1) is 0 Å². The van der Waals surface area contributed by atoms with Crippen LogP contribution in [0.2, 0.25) is 0 Å². The van der Waals surface area contributed by atoms with Gasteiger partial charge in [0, 0.05) is 30.7 Å². The fourth-order valence-electron chi connectivity index (χ4n) is 4.15. The van der Waals surface area contributed by atoms with E-state index in [-0.39, 0.29) is 5.91 Å². The van der Waals surface area contributed by atoms with Crippen LogP contribution in [0.25, 0.3) is 0 Å². The maximum Gasteiger partial charge on any atom is 0.328 e. The van der Waals surface area contributed by atoms with Gasteiger partial charge >= 0.3 is 11.9 Å². The van der Waals surface area contributed by atoms with Crippen LogP contribution in [0.1, 0.15) is 68.8 Å². The number of aliphatic carboxylic acids is 2. The number of carboxylic acid groups (broad SMARTS) is 2. The minimum Gasteiger partial charge on any atom is -0.494 e. The molecule has 0 radical (unpaired) electrons. The van der Waals surface area contributed by atoms with Gasteiger partial charge in [-0.25, -0.2) is 14.3 Å². The third-order valence-electron chi connectivity index (χ3n) is 5.89. The Hall–Kier alpha value is -3.76. The Labute approximate surface area is 203 Å². The highest BCUT2D eigenvalue weighted by molar-refractivity contribution is 5.94. The van der Waals surface area contributed by atoms with Crippen molar-refractivity contribution in [3.05, 3.63) is 41.7 Å². The Morgan fingerprint density at radius 2 is 1.83 bits per heavy atom. The van der Waals surface area contributed by atoms with Crippen LogP contribution in [-0.2, 0) is 27.2 Å². The molecule has 2 aliphatic rings. The molecule has 1 aliphatic heterocycles. The molecule has 1 saturated carbocycles. The number of anilines is 1. The summed E-state index contributed by atoms with van der Waals surface area (Å²) >= 11 is 0. The van der Waals surface area contributed by atoms with Crippen molar-refractivity contribution < 1.29 is 29.3 Å². The summed E-state index contributed by atoms with van der Waals surface area (Å²) in [5, 5.41) is 30.9. The van der Waals surface area contributed by atoms with Crippen molar-refractivity contribution >= 4 is 23.5 Å². The molecule has 0 spiro atoms. The molecule has 35 heavy (non-hydrogen) atoms. The summed E-state index contributed by atoms with van der Waals surface area (Å²) in [4.78, 5) is 30.5. The lowest BCUT2D eigenvalue weighted by atomic mass is 9.95. The summed E-state index contributed by atoms with van der Waals surface area (Å²) in [6.07, 6.45) is 11.6. The van der Waals surface area contributed by atoms with Gasteiger partial charge in [-0.1, -0.05) is 19.3 Å². The minimum atomic E-state index is -1.26. The first-order valence-corrected chi connectivity index (χ1v) is 11.9. The van der Waals surface area contributed by atoms with Crippen molar-refractivity contribution in [2.75, 3.05) is 11.9 Å². The van der Waals surface area contributed by atoms with Gasteiger partial charge in [0.1, 0.15) is 5.75 Å². The molecule has 2 aromatic rings. The number of ether oxygens (including phenoxy) is 1. The lowest BCUT2D eigenvalue weighted by Gasteiger charge is -2.22. The largest absolute Gasteiger partial charge is 0.494 e. The van der Waals surface area contributed by atoms with E-state index in [1.54, 1.807) is 0 Å². The molecule has 11 nitrogen and oxygen atoms in total. The maximum atomic E-state index is 11.4. The van der Waals surface area contributed by atoms with Crippen molar-refractivity contribution in [1.82, 2.24) is 20.2 Å². The van der Waals surface area contributed by atoms with E-state index in [1.165, 1.54) is 32.1 Å². The predicted octanol–water partition coefficient (Wildman–Crippen LogP) is 3.18. The molecular formula is C24H31N5O6. The average Bonchev–Trinajstić information content (AvgIpc) is 3.32. The number of fused-ring (bicyclic) bond motifs is 1. The van der Waals surface area contributed by atoms with Crippen molar-refractivity contribution in [1.29, 1.82) is 0 Å². The number of tetrazole rings is 1. The van der Waals surface area contributed by atoms with Gasteiger partial charge in [-0.2, -0.15) is 0 Å². The lowest BCUT2D eigenvalue weighted by Crippen LogP contribution is -2.18. The zero-order valence-electron chi connectivity index (χ0n) is 19.6. The van der Waals surface area contributed by atoms with Crippen molar-refractivity contribution in [2.24, 2.45) is 0 Å². The van der Waals surface area contributed by atoms with E-state index in [4.69, 9.17) is 14.9 Å². The van der Waals surface area contributed by atoms with Gasteiger partial charge in [-0.3, -0.25) is 4.79 Å². The van der Waals surface area contributed by atoms with E-state index < -0.39 is 11.9 Å². The van der Waals surface area contributed by atoms with Gasteiger partial charge in [0.15, 0.2) is 5.82 Å². The molecule has 0 bridgehead atoms. The van der Waals surface area contributed by atoms with Crippen LogP contribution in [-0.4, -0.2) is 54.9 Å². The van der Waals surface area contributed by atoms with E-state index in [9.17, 15) is 14.4 Å². The molecule has 1 fully saturated rings. The highest BCUT2D eigenvalue weighted by Gasteiger charge is 2.19. The van der Waals surface area contributed by atoms with Gasteiger partial charge in [0.05, 0.1) is 12.6 Å². The second-order valence-corrected chi connectivity index (χ2v) is 8.51. The molecule has 2 heterocycles. The number of carbonyl (C=O) groups is 3. The van der Waals surface area contributed by atoms with Crippen LogP contribution < -0.4 is 10.1 Å². The normalized spacial score (nSPS) is 15.6. The molecule has 4 rings (SSSR count). The number of unbranched alkanes of at least 4 members (excludes halogenated alkanes) is 1. The molecule has 0 atom stereocenters. The molecular weight excluding hydrogens is 454 g/mol. The summed E-state index contributed by atoms with van der Waals surface area (Å²) in [6.45, 7) is 0.677. The van der Waals surface area contributed by atoms with Crippen molar-refractivity contribution in [3.8, 4) is 5.75 Å². The van der Waals surface area contributed by atoms with Gasteiger partial charge < -0.3 is 20.3 Å². The second-order valence-electron chi connectivity index (χ2n) is 8.51. The zero-order valence-corrected chi connectivity index (χ0v) is 19.6. The smallest absolute Gasteiger partial charge is 0.328 e. The summed E-state index contributed by atoms with van der Waals surface area (Å²) in [7, 11) is 0. The summed E-state index contributed by atoms with van der Waals surface area (Å²) in [5.41, 5.74) is 2.06. The summed E-state index contributed by atoms with van der Waals surface area (Å²) < 4.78 is 7.95. The van der Waals surface area contributed by atoms with Crippen LogP contribution in [0.5, 0.6) is 5.75 Å². The number of nitrogens with one attached hydrogen (secondary N) is 1. The molecule has 1 aromatic carbocycles. The first-order valence-electron chi connectivity index (χ1n) is 11.9. The fourth-order valence-corrected chi connectivity index (χ4v) is 4.15. The highest BCUT2D eigenvalue weighted by Crippen LogP contribution is 2.28. The van der Waals surface area contributed by atoms with Crippen LogP contribution >= 0.6 is 0 Å². The number of aromatic nitrogens is 4. The van der Waals surface area contributed by atoms with E-state index in [0.717, 1.165) is 48.5 Å². The molecule has 1 amide bonds. The molecule has 1 aliphatic carbocycles. The number of benzene rings is 1. The Morgan fingerprint density at radius 3 is 2.54 bits per heavy atom. The van der Waals surface area contributed by atoms with Gasteiger partial charge in [0.25, 0.3) is 0 Å². The molecule has 0 unspecified atom stereocenters. The second kappa shape index (κ2) is 13.2. The predicted molar refractivity (Wildman–Crippen MR) is 126 cm³/mol. The number of amides is 1. The lowest BCUT2D eigenvalue weighted by molar-refractivity contribution is -0.134. The Balaban J connectivity index is 0.000000371. The molecule has 1 aromatic heterocycles. The van der Waals surface area contributed by atoms with Crippen molar-refractivity contribution in [2.45, 2.75) is 70.3 Å².